The average Bonchev–Trinajstić information content (AvgIpc) is 3.05. The number of methoxy groups -OCH3 is 1. The third-order valence-electron chi connectivity index (χ3n) is 3.68. The third-order valence-corrected chi connectivity index (χ3v) is 3.68. The first-order valence-electron chi connectivity index (χ1n) is 6.94. The van der Waals surface area contributed by atoms with E-state index >= 15 is 0 Å². The molecule has 1 N–H and O–H groups in total. The van der Waals surface area contributed by atoms with Crippen LogP contribution in [-0.4, -0.2) is 18.6 Å². The van der Waals surface area contributed by atoms with Gasteiger partial charge in [0.2, 0.25) is 0 Å². The van der Waals surface area contributed by atoms with E-state index in [2.05, 4.69) is 5.32 Å². The Labute approximate surface area is 127 Å². The number of nitro groups is 1. The van der Waals surface area contributed by atoms with Gasteiger partial charge in [-0.15, -0.1) is 0 Å². The maximum atomic E-state index is 10.7. The molecule has 2 aromatic carbocycles. The zero-order chi connectivity index (χ0) is 15.5. The number of ether oxygens (including phenoxy) is 2. The van der Waals surface area contributed by atoms with E-state index in [-0.39, 0.29) is 18.0 Å². The van der Waals surface area contributed by atoms with Crippen molar-refractivity contribution in [3.8, 4) is 5.75 Å². The van der Waals surface area contributed by atoms with Crippen LogP contribution in [0.5, 0.6) is 5.75 Å². The summed E-state index contributed by atoms with van der Waals surface area (Å²) in [6, 6.07) is 14.2. The first kappa shape index (κ1) is 14.5. The van der Waals surface area contributed by atoms with Crippen LogP contribution in [0.15, 0.2) is 48.5 Å². The molecule has 114 valence electrons. The molecule has 1 aliphatic rings. The Morgan fingerprint density at radius 2 is 1.77 bits per heavy atom. The van der Waals surface area contributed by atoms with E-state index in [1.165, 1.54) is 12.1 Å². The number of nitrogens with one attached hydrogen (secondary N) is 1. The van der Waals surface area contributed by atoms with Crippen LogP contribution in [0, 0.1) is 10.1 Å². The van der Waals surface area contributed by atoms with Crippen LogP contribution in [-0.2, 0) is 4.74 Å². The lowest BCUT2D eigenvalue weighted by molar-refractivity contribution is -0.384. The molecule has 22 heavy (non-hydrogen) atoms. The molecule has 0 aliphatic carbocycles. The molecule has 0 aromatic heterocycles. The number of non-ortho nitro benzene ring substituents is 1. The molecule has 2 atom stereocenters. The molecule has 0 radical (unpaired) electrons. The first-order chi connectivity index (χ1) is 10.7. The molecule has 6 nitrogen and oxygen atoms in total. The van der Waals surface area contributed by atoms with E-state index in [1.807, 2.05) is 24.3 Å². The van der Waals surface area contributed by atoms with E-state index < -0.39 is 4.92 Å². The van der Waals surface area contributed by atoms with Crippen LogP contribution in [0.2, 0.25) is 0 Å². The highest BCUT2D eigenvalue weighted by atomic mass is 16.6. The molecular weight excluding hydrogens is 284 g/mol. The summed E-state index contributed by atoms with van der Waals surface area (Å²) in [7, 11) is 1.63. The summed E-state index contributed by atoms with van der Waals surface area (Å²) < 4.78 is 11.1. The molecule has 1 saturated heterocycles. The largest absolute Gasteiger partial charge is 0.497 e. The number of benzene rings is 2. The molecule has 6 heteroatoms. The molecule has 0 saturated carbocycles. The Morgan fingerprint density at radius 1 is 1.14 bits per heavy atom. The van der Waals surface area contributed by atoms with Crippen LogP contribution in [0.25, 0.3) is 0 Å². The van der Waals surface area contributed by atoms with E-state index in [0.29, 0.717) is 6.54 Å². The Hall–Kier alpha value is -2.44. The van der Waals surface area contributed by atoms with Gasteiger partial charge in [0.1, 0.15) is 12.0 Å². The first-order valence-corrected chi connectivity index (χ1v) is 6.94. The van der Waals surface area contributed by atoms with Crippen molar-refractivity contribution in [1.29, 1.82) is 0 Å². The second-order valence-electron chi connectivity index (χ2n) is 5.03. The van der Waals surface area contributed by atoms with Crippen molar-refractivity contribution in [2.75, 3.05) is 13.7 Å². The van der Waals surface area contributed by atoms with Gasteiger partial charge in [0.25, 0.3) is 5.69 Å². The molecule has 0 bridgehead atoms. The van der Waals surface area contributed by atoms with Crippen molar-refractivity contribution in [2.24, 2.45) is 0 Å². The lowest BCUT2D eigenvalue weighted by Crippen LogP contribution is -2.13. The minimum Gasteiger partial charge on any atom is -0.497 e. The van der Waals surface area contributed by atoms with Crippen molar-refractivity contribution in [3.05, 3.63) is 69.8 Å². The summed E-state index contributed by atoms with van der Waals surface area (Å²) in [6.07, 6.45) is -0.306. The molecule has 1 fully saturated rings. The van der Waals surface area contributed by atoms with E-state index in [9.17, 15) is 10.1 Å². The highest BCUT2D eigenvalue weighted by molar-refractivity contribution is 5.34. The topological polar surface area (TPSA) is 73.6 Å². The molecule has 2 aromatic rings. The van der Waals surface area contributed by atoms with Gasteiger partial charge in [0, 0.05) is 18.7 Å². The predicted molar refractivity (Wildman–Crippen MR) is 80.7 cm³/mol. The normalized spacial score (nSPS) is 20.8. The van der Waals surface area contributed by atoms with Gasteiger partial charge in [-0.25, -0.2) is 0 Å². The van der Waals surface area contributed by atoms with Gasteiger partial charge in [0.15, 0.2) is 0 Å². The highest BCUT2D eigenvalue weighted by Gasteiger charge is 2.27. The molecule has 0 spiro atoms. The Bertz CT molecular complexity index is 655. The maximum absolute atomic E-state index is 10.7. The Balaban J connectivity index is 1.69. The van der Waals surface area contributed by atoms with Crippen LogP contribution < -0.4 is 10.1 Å². The molecule has 1 aliphatic heterocycles. The molecule has 0 unspecified atom stereocenters. The second-order valence-corrected chi connectivity index (χ2v) is 5.03. The molecule has 3 rings (SSSR count). The third kappa shape index (κ3) is 2.93. The lowest BCUT2D eigenvalue weighted by atomic mass is 10.1. The van der Waals surface area contributed by atoms with Gasteiger partial charge >= 0.3 is 0 Å². The minimum absolute atomic E-state index is 0.0846. The summed E-state index contributed by atoms with van der Waals surface area (Å²) >= 11 is 0. The molecule has 0 amide bonds. The fourth-order valence-electron chi connectivity index (χ4n) is 2.46. The smallest absolute Gasteiger partial charge is 0.269 e. The minimum atomic E-state index is -0.405. The summed E-state index contributed by atoms with van der Waals surface area (Å²) in [5.41, 5.74) is 2.03. The fraction of sp³-hybridized carbons (Fsp3) is 0.250. The average molecular weight is 300 g/mol. The second kappa shape index (κ2) is 6.13. The monoisotopic (exact) mass is 300 g/mol. The van der Waals surface area contributed by atoms with Crippen molar-refractivity contribution in [3.63, 3.8) is 0 Å². The molecular formula is C16H16N2O4. The van der Waals surface area contributed by atoms with Crippen molar-refractivity contribution < 1.29 is 14.4 Å². The zero-order valence-corrected chi connectivity index (χ0v) is 12.1. The number of nitro benzene ring substituents is 1. The van der Waals surface area contributed by atoms with Gasteiger partial charge in [-0.2, -0.15) is 0 Å². The van der Waals surface area contributed by atoms with Crippen molar-refractivity contribution >= 4 is 5.69 Å². The standard InChI is InChI=1S/C16H16N2O4/c1-21-14-8-4-12(5-9-14)16-17-10-15(22-16)11-2-6-13(7-3-11)18(19)20/h2-9,15-17H,10H2,1H3/t15-,16-/m1/s1. The predicted octanol–water partition coefficient (Wildman–Crippen LogP) is 2.96. The van der Waals surface area contributed by atoms with Gasteiger partial charge in [0.05, 0.1) is 18.1 Å². The summed E-state index contributed by atoms with van der Waals surface area (Å²) in [6.45, 7) is 0.661. The summed E-state index contributed by atoms with van der Waals surface area (Å²) in [5.74, 6) is 0.800. The van der Waals surface area contributed by atoms with Crippen molar-refractivity contribution in [2.45, 2.75) is 12.3 Å². The van der Waals surface area contributed by atoms with Gasteiger partial charge in [-0.1, -0.05) is 12.1 Å². The summed E-state index contributed by atoms with van der Waals surface area (Å²) in [5, 5.41) is 14.0. The van der Waals surface area contributed by atoms with Crippen LogP contribution >= 0.6 is 0 Å². The zero-order valence-electron chi connectivity index (χ0n) is 12.1. The Morgan fingerprint density at radius 3 is 2.36 bits per heavy atom. The number of hydrogen-bond donors (Lipinski definition) is 1. The SMILES string of the molecule is COc1ccc([C@@H]2NC[C@H](c3ccc([N+](=O)[O-])cc3)O2)cc1. The van der Waals surface area contributed by atoms with Crippen LogP contribution in [0.4, 0.5) is 5.69 Å². The maximum Gasteiger partial charge on any atom is 0.269 e. The van der Waals surface area contributed by atoms with Gasteiger partial charge in [-0.05, 0) is 35.4 Å². The fourth-order valence-corrected chi connectivity index (χ4v) is 2.46. The number of nitrogens with zero attached hydrogens (tertiary/aromatic N) is 1. The van der Waals surface area contributed by atoms with Crippen molar-refractivity contribution in [1.82, 2.24) is 5.32 Å². The summed E-state index contributed by atoms with van der Waals surface area (Å²) in [4.78, 5) is 10.3. The Kier molecular flexibility index (Phi) is 4.04. The number of rotatable bonds is 4. The van der Waals surface area contributed by atoms with Crippen LogP contribution in [0.3, 0.4) is 0 Å². The van der Waals surface area contributed by atoms with E-state index in [4.69, 9.17) is 9.47 Å². The lowest BCUT2D eigenvalue weighted by Gasteiger charge is -2.13. The highest BCUT2D eigenvalue weighted by Crippen LogP contribution is 2.31. The number of hydrogen-bond acceptors (Lipinski definition) is 5. The van der Waals surface area contributed by atoms with Crippen LogP contribution in [0.1, 0.15) is 23.5 Å². The van der Waals surface area contributed by atoms with Gasteiger partial charge < -0.3 is 9.47 Å². The van der Waals surface area contributed by atoms with E-state index in [1.54, 1.807) is 19.2 Å². The van der Waals surface area contributed by atoms with Gasteiger partial charge in [-0.3, -0.25) is 15.4 Å². The molecule has 1 heterocycles. The van der Waals surface area contributed by atoms with E-state index in [0.717, 1.165) is 16.9 Å². The quantitative estimate of drug-likeness (QED) is 0.694.